The molecule has 1 aliphatic rings. The number of benzene rings is 1. The summed E-state index contributed by atoms with van der Waals surface area (Å²) in [5, 5.41) is 0.743. The van der Waals surface area contributed by atoms with E-state index in [0.29, 0.717) is 6.61 Å². The van der Waals surface area contributed by atoms with Gasteiger partial charge in [-0.15, -0.1) is 0 Å². The number of halogens is 1. The maximum atomic E-state index is 12.7. The van der Waals surface area contributed by atoms with Crippen molar-refractivity contribution in [2.45, 2.75) is 52.6 Å². The highest BCUT2D eigenvalue weighted by molar-refractivity contribution is 6.30. The summed E-state index contributed by atoms with van der Waals surface area (Å²) in [7, 11) is 0. The lowest BCUT2D eigenvalue weighted by atomic mass is 9.97. The Kier molecular flexibility index (Phi) is 5.65. The highest BCUT2D eigenvalue weighted by Crippen LogP contribution is 2.33. The van der Waals surface area contributed by atoms with Crippen LogP contribution in [0.1, 0.15) is 44.2 Å². The third-order valence-corrected chi connectivity index (χ3v) is 4.14. The molecule has 0 spiro atoms. The number of unbranched alkanes of at least 4 members (excludes halogenated alkanes) is 1. The molecule has 0 fully saturated rings. The summed E-state index contributed by atoms with van der Waals surface area (Å²) in [6.45, 7) is 7.37. The molecule has 0 saturated heterocycles. The van der Waals surface area contributed by atoms with Crippen molar-refractivity contribution in [1.29, 1.82) is 0 Å². The van der Waals surface area contributed by atoms with Crippen LogP contribution in [0.3, 0.4) is 0 Å². The van der Waals surface area contributed by atoms with E-state index in [2.05, 4.69) is 6.92 Å². The number of ether oxygens (including phenoxy) is 1. The Morgan fingerprint density at radius 2 is 2.24 bits per heavy atom. The van der Waals surface area contributed by atoms with E-state index in [-0.39, 0.29) is 5.91 Å². The van der Waals surface area contributed by atoms with Crippen molar-refractivity contribution >= 4 is 23.2 Å². The first kappa shape index (κ1) is 16.3. The Morgan fingerprint density at radius 3 is 2.95 bits per heavy atom. The van der Waals surface area contributed by atoms with Crippen LogP contribution in [0.5, 0.6) is 0 Å². The van der Waals surface area contributed by atoms with Gasteiger partial charge in [0.25, 0.3) is 5.91 Å². The van der Waals surface area contributed by atoms with Gasteiger partial charge in [-0.3, -0.25) is 4.79 Å². The molecule has 1 unspecified atom stereocenters. The van der Waals surface area contributed by atoms with Crippen LogP contribution in [0.15, 0.2) is 12.1 Å². The molecular weight excluding hydrogens is 286 g/mol. The number of carbonyl (C=O) groups is 1. The molecule has 1 aromatic carbocycles. The Bertz CT molecular complexity index is 516. The van der Waals surface area contributed by atoms with Crippen LogP contribution >= 0.6 is 11.6 Å². The molecule has 0 aliphatic carbocycles. The molecule has 0 saturated carbocycles. The first-order valence-corrected chi connectivity index (χ1v) is 8.14. The number of carbonyl (C=O) groups excluding carboxylic acids is 1. The first-order chi connectivity index (χ1) is 10.0. The summed E-state index contributed by atoms with van der Waals surface area (Å²) < 4.78 is 5.66. The maximum Gasteiger partial charge on any atom is 0.255 e. The lowest BCUT2D eigenvalue weighted by Crippen LogP contribution is -2.42. The molecule has 4 heteroatoms. The third kappa shape index (κ3) is 3.78. The van der Waals surface area contributed by atoms with Gasteiger partial charge in [-0.05, 0) is 56.4 Å². The molecule has 21 heavy (non-hydrogen) atoms. The quantitative estimate of drug-likeness (QED) is 0.765. The van der Waals surface area contributed by atoms with E-state index < -0.39 is 6.10 Å². The Morgan fingerprint density at radius 1 is 1.48 bits per heavy atom. The Balaban J connectivity index is 2.17. The van der Waals surface area contributed by atoms with Gasteiger partial charge in [0, 0.05) is 23.9 Å². The lowest BCUT2D eigenvalue weighted by molar-refractivity contribution is -0.129. The second-order valence-electron chi connectivity index (χ2n) is 5.69. The van der Waals surface area contributed by atoms with Crippen LogP contribution in [0.4, 0.5) is 5.69 Å². The van der Waals surface area contributed by atoms with Gasteiger partial charge in [0.1, 0.15) is 6.10 Å². The van der Waals surface area contributed by atoms with Gasteiger partial charge >= 0.3 is 0 Å². The number of amides is 1. The lowest BCUT2D eigenvalue weighted by Gasteiger charge is -2.33. The molecule has 116 valence electrons. The molecule has 0 bridgehead atoms. The largest absolute Gasteiger partial charge is 0.369 e. The van der Waals surface area contributed by atoms with E-state index in [9.17, 15) is 4.79 Å². The fourth-order valence-corrected chi connectivity index (χ4v) is 3.13. The summed E-state index contributed by atoms with van der Waals surface area (Å²) in [6, 6.07) is 3.90. The van der Waals surface area contributed by atoms with Gasteiger partial charge in [0.15, 0.2) is 0 Å². The molecule has 1 atom stereocenters. The predicted molar refractivity (Wildman–Crippen MR) is 87.2 cm³/mol. The number of fused-ring (bicyclic) bond motifs is 1. The molecule has 2 rings (SSSR count). The minimum Gasteiger partial charge on any atom is -0.369 e. The van der Waals surface area contributed by atoms with Crippen molar-refractivity contribution in [3.05, 3.63) is 28.3 Å². The zero-order valence-electron chi connectivity index (χ0n) is 13.1. The van der Waals surface area contributed by atoms with Gasteiger partial charge < -0.3 is 9.64 Å². The smallest absolute Gasteiger partial charge is 0.255 e. The molecule has 1 amide bonds. The van der Waals surface area contributed by atoms with Crippen molar-refractivity contribution in [2.24, 2.45) is 0 Å². The second kappa shape index (κ2) is 7.28. The number of hydrogen-bond donors (Lipinski definition) is 0. The van der Waals surface area contributed by atoms with Crippen molar-refractivity contribution in [2.75, 3.05) is 18.1 Å². The average Bonchev–Trinajstić information content (AvgIpc) is 2.45. The maximum absolute atomic E-state index is 12.7. The normalized spacial score (nSPS) is 15.7. The van der Waals surface area contributed by atoms with Crippen molar-refractivity contribution in [1.82, 2.24) is 0 Å². The van der Waals surface area contributed by atoms with Crippen LogP contribution in [0.25, 0.3) is 0 Å². The summed E-state index contributed by atoms with van der Waals surface area (Å²) in [6.07, 6.45) is 3.62. The monoisotopic (exact) mass is 309 g/mol. The van der Waals surface area contributed by atoms with E-state index in [1.807, 2.05) is 30.9 Å². The highest BCUT2D eigenvalue weighted by atomic mass is 35.5. The molecule has 0 aromatic heterocycles. The van der Waals surface area contributed by atoms with E-state index in [0.717, 1.165) is 48.5 Å². The zero-order chi connectivity index (χ0) is 15.4. The summed E-state index contributed by atoms with van der Waals surface area (Å²) in [4.78, 5) is 14.5. The molecule has 1 aliphatic heterocycles. The SMILES string of the molecule is CCCCOC(C)C(=O)N1CCCc2cc(Cl)cc(C)c21. The molecule has 3 nitrogen and oxygen atoms in total. The standard InChI is InChI=1S/C17H24ClNO2/c1-4-5-9-21-13(3)17(20)19-8-6-7-14-11-15(18)10-12(2)16(14)19/h10-11,13H,4-9H2,1-3H3. The van der Waals surface area contributed by atoms with E-state index in [4.69, 9.17) is 16.3 Å². The van der Waals surface area contributed by atoms with E-state index >= 15 is 0 Å². The molecular formula is C17H24ClNO2. The molecule has 0 radical (unpaired) electrons. The van der Waals surface area contributed by atoms with Gasteiger partial charge in [0.2, 0.25) is 0 Å². The molecule has 1 aromatic rings. The Labute approximate surface area is 132 Å². The number of anilines is 1. The molecule has 0 N–H and O–H groups in total. The third-order valence-electron chi connectivity index (χ3n) is 3.92. The van der Waals surface area contributed by atoms with Crippen LogP contribution in [0.2, 0.25) is 5.02 Å². The van der Waals surface area contributed by atoms with Gasteiger partial charge in [-0.1, -0.05) is 24.9 Å². The number of nitrogens with zero attached hydrogens (tertiary/aromatic N) is 1. The van der Waals surface area contributed by atoms with Crippen LogP contribution in [-0.2, 0) is 16.0 Å². The van der Waals surface area contributed by atoms with E-state index in [1.54, 1.807) is 0 Å². The summed E-state index contributed by atoms with van der Waals surface area (Å²) in [5.41, 5.74) is 3.26. The fourth-order valence-electron chi connectivity index (χ4n) is 2.84. The van der Waals surface area contributed by atoms with Gasteiger partial charge in [-0.2, -0.15) is 0 Å². The highest BCUT2D eigenvalue weighted by Gasteiger charge is 2.28. The van der Waals surface area contributed by atoms with E-state index in [1.165, 1.54) is 5.56 Å². The summed E-state index contributed by atoms with van der Waals surface area (Å²) >= 11 is 6.13. The minimum absolute atomic E-state index is 0.0532. The number of aryl methyl sites for hydroxylation is 2. The summed E-state index contributed by atoms with van der Waals surface area (Å²) in [5.74, 6) is 0.0532. The average molecular weight is 310 g/mol. The van der Waals surface area contributed by atoms with Gasteiger partial charge in [-0.25, -0.2) is 0 Å². The van der Waals surface area contributed by atoms with Crippen molar-refractivity contribution < 1.29 is 9.53 Å². The predicted octanol–water partition coefficient (Wildman–Crippen LogP) is 4.13. The first-order valence-electron chi connectivity index (χ1n) is 7.76. The second-order valence-corrected chi connectivity index (χ2v) is 6.13. The van der Waals surface area contributed by atoms with Crippen LogP contribution in [-0.4, -0.2) is 25.2 Å². The molecule has 1 heterocycles. The van der Waals surface area contributed by atoms with Crippen LogP contribution < -0.4 is 4.90 Å². The van der Waals surface area contributed by atoms with Crippen LogP contribution in [0, 0.1) is 6.92 Å². The zero-order valence-corrected chi connectivity index (χ0v) is 13.9. The van der Waals surface area contributed by atoms with Crippen molar-refractivity contribution in [3.8, 4) is 0 Å². The number of rotatable bonds is 5. The topological polar surface area (TPSA) is 29.5 Å². The number of hydrogen-bond acceptors (Lipinski definition) is 2. The van der Waals surface area contributed by atoms with Gasteiger partial charge in [0.05, 0.1) is 0 Å². The van der Waals surface area contributed by atoms with Crippen molar-refractivity contribution in [3.63, 3.8) is 0 Å². The minimum atomic E-state index is -0.391. The fraction of sp³-hybridized carbons (Fsp3) is 0.588. The Hall–Kier alpha value is -1.06.